The van der Waals surface area contributed by atoms with Gasteiger partial charge >= 0.3 is 0 Å². The molecule has 0 spiro atoms. The van der Waals surface area contributed by atoms with Gasteiger partial charge in [0.2, 0.25) is 5.91 Å². The third-order valence-electron chi connectivity index (χ3n) is 3.20. The number of thioether (sulfide) groups is 1. The van der Waals surface area contributed by atoms with E-state index in [2.05, 4.69) is 12.2 Å². The molecule has 2 atom stereocenters. The van der Waals surface area contributed by atoms with Crippen LogP contribution in [0.2, 0.25) is 0 Å². The minimum absolute atomic E-state index is 0.00595. The molecule has 0 heterocycles. The van der Waals surface area contributed by atoms with Gasteiger partial charge in [-0.1, -0.05) is 19.8 Å². The highest BCUT2D eigenvalue weighted by molar-refractivity contribution is 8.00. The standard InChI is InChI=1S/C12H20N2O2S/c1-10-3-2-4-12(7-10,9-15)14-11(16)8-17-6-5-13/h10,15H,2-4,6-9H2,1H3,(H,14,16). The van der Waals surface area contributed by atoms with Crippen molar-refractivity contribution in [3.8, 4) is 6.07 Å². The molecule has 0 aromatic rings. The monoisotopic (exact) mass is 256 g/mol. The molecule has 0 bridgehead atoms. The summed E-state index contributed by atoms with van der Waals surface area (Å²) < 4.78 is 0. The Morgan fingerprint density at radius 1 is 1.71 bits per heavy atom. The fourth-order valence-corrected chi connectivity index (χ4v) is 2.93. The zero-order valence-corrected chi connectivity index (χ0v) is 11.1. The first-order valence-electron chi connectivity index (χ1n) is 5.98. The van der Waals surface area contributed by atoms with Crippen molar-refractivity contribution in [2.24, 2.45) is 5.92 Å². The molecule has 1 saturated carbocycles. The van der Waals surface area contributed by atoms with E-state index in [1.54, 1.807) is 0 Å². The minimum atomic E-state index is -0.429. The van der Waals surface area contributed by atoms with E-state index >= 15 is 0 Å². The van der Waals surface area contributed by atoms with Crippen LogP contribution in [0.4, 0.5) is 0 Å². The molecule has 2 unspecified atom stereocenters. The Morgan fingerprint density at radius 3 is 3.06 bits per heavy atom. The first-order chi connectivity index (χ1) is 8.12. The Hall–Kier alpha value is -0.730. The topological polar surface area (TPSA) is 73.1 Å². The van der Waals surface area contributed by atoms with Gasteiger partial charge in [0.15, 0.2) is 0 Å². The summed E-state index contributed by atoms with van der Waals surface area (Å²) in [6, 6.07) is 1.99. The molecule has 5 heteroatoms. The molecule has 96 valence electrons. The Balaban J connectivity index is 2.45. The average molecular weight is 256 g/mol. The van der Waals surface area contributed by atoms with Gasteiger partial charge in [-0.25, -0.2) is 0 Å². The van der Waals surface area contributed by atoms with E-state index in [1.807, 2.05) is 6.07 Å². The summed E-state index contributed by atoms with van der Waals surface area (Å²) in [4.78, 5) is 11.7. The van der Waals surface area contributed by atoms with E-state index in [-0.39, 0.29) is 12.5 Å². The minimum Gasteiger partial charge on any atom is -0.394 e. The molecule has 1 fully saturated rings. The number of nitrogens with one attached hydrogen (secondary N) is 1. The number of hydrogen-bond acceptors (Lipinski definition) is 4. The normalized spacial score (nSPS) is 28.4. The zero-order valence-electron chi connectivity index (χ0n) is 10.2. The van der Waals surface area contributed by atoms with Crippen LogP contribution in [0.3, 0.4) is 0 Å². The Morgan fingerprint density at radius 2 is 2.47 bits per heavy atom. The van der Waals surface area contributed by atoms with Crippen LogP contribution >= 0.6 is 11.8 Å². The van der Waals surface area contributed by atoms with Crippen LogP contribution in [0, 0.1) is 17.2 Å². The number of amides is 1. The van der Waals surface area contributed by atoms with Crippen molar-refractivity contribution < 1.29 is 9.90 Å². The quantitative estimate of drug-likeness (QED) is 0.727. The summed E-state index contributed by atoms with van der Waals surface area (Å²) in [5.41, 5.74) is -0.429. The van der Waals surface area contributed by atoms with E-state index in [4.69, 9.17) is 5.26 Å². The average Bonchev–Trinajstić information content (AvgIpc) is 2.29. The third-order valence-corrected chi connectivity index (χ3v) is 4.00. The summed E-state index contributed by atoms with van der Waals surface area (Å²) in [5, 5.41) is 20.8. The molecule has 17 heavy (non-hydrogen) atoms. The second-order valence-electron chi connectivity index (χ2n) is 4.84. The van der Waals surface area contributed by atoms with Gasteiger partial charge in [0, 0.05) is 0 Å². The maximum Gasteiger partial charge on any atom is 0.230 e. The fourth-order valence-electron chi connectivity index (χ4n) is 2.48. The number of rotatable bonds is 5. The van der Waals surface area contributed by atoms with Crippen LogP contribution in [-0.4, -0.2) is 34.7 Å². The van der Waals surface area contributed by atoms with Gasteiger partial charge in [0.25, 0.3) is 0 Å². The largest absolute Gasteiger partial charge is 0.394 e. The van der Waals surface area contributed by atoms with Crippen molar-refractivity contribution in [2.75, 3.05) is 18.1 Å². The van der Waals surface area contributed by atoms with E-state index in [0.717, 1.165) is 19.3 Å². The predicted octanol–water partition coefficient (Wildman–Crippen LogP) is 1.30. The van der Waals surface area contributed by atoms with Gasteiger partial charge in [-0.2, -0.15) is 5.26 Å². The maximum absolute atomic E-state index is 11.7. The lowest BCUT2D eigenvalue weighted by atomic mass is 9.77. The molecule has 0 aromatic heterocycles. The first-order valence-corrected chi connectivity index (χ1v) is 7.14. The Labute approximate surface area is 107 Å². The second-order valence-corrected chi connectivity index (χ2v) is 5.82. The van der Waals surface area contributed by atoms with Crippen molar-refractivity contribution in [3.63, 3.8) is 0 Å². The van der Waals surface area contributed by atoms with Crippen LogP contribution in [-0.2, 0) is 4.79 Å². The number of nitriles is 1. The molecule has 1 rings (SSSR count). The summed E-state index contributed by atoms with van der Waals surface area (Å²) in [6.07, 6.45) is 3.91. The first kappa shape index (κ1) is 14.3. The molecule has 4 nitrogen and oxygen atoms in total. The molecule has 0 saturated heterocycles. The van der Waals surface area contributed by atoms with E-state index in [9.17, 15) is 9.90 Å². The van der Waals surface area contributed by atoms with Gasteiger partial charge in [-0.05, 0) is 18.8 Å². The Kier molecular flexibility index (Phi) is 5.79. The highest BCUT2D eigenvalue weighted by Gasteiger charge is 2.35. The summed E-state index contributed by atoms with van der Waals surface area (Å²) in [5.74, 6) is 1.09. The molecular formula is C12H20N2O2S. The van der Waals surface area contributed by atoms with E-state index in [0.29, 0.717) is 17.4 Å². The Bertz CT molecular complexity index is 303. The molecule has 2 N–H and O–H groups in total. The summed E-state index contributed by atoms with van der Waals surface area (Å²) in [7, 11) is 0. The lowest BCUT2D eigenvalue weighted by Crippen LogP contribution is -2.54. The van der Waals surface area contributed by atoms with Gasteiger partial charge in [0.05, 0.1) is 29.7 Å². The zero-order chi connectivity index (χ0) is 12.7. The van der Waals surface area contributed by atoms with Crippen LogP contribution in [0.1, 0.15) is 32.6 Å². The van der Waals surface area contributed by atoms with Crippen LogP contribution < -0.4 is 5.32 Å². The molecule has 0 aromatic carbocycles. The van der Waals surface area contributed by atoms with Gasteiger partial charge in [-0.3, -0.25) is 4.79 Å². The predicted molar refractivity (Wildman–Crippen MR) is 68.5 cm³/mol. The fraction of sp³-hybridized carbons (Fsp3) is 0.833. The smallest absolute Gasteiger partial charge is 0.230 e. The molecule has 1 amide bonds. The molecule has 0 radical (unpaired) electrons. The SMILES string of the molecule is CC1CCCC(CO)(NC(=O)CSCC#N)C1. The van der Waals surface area contributed by atoms with E-state index < -0.39 is 5.54 Å². The van der Waals surface area contributed by atoms with Crippen molar-refractivity contribution in [1.29, 1.82) is 5.26 Å². The van der Waals surface area contributed by atoms with Crippen molar-refractivity contribution in [3.05, 3.63) is 0 Å². The van der Waals surface area contributed by atoms with Crippen molar-refractivity contribution in [1.82, 2.24) is 5.32 Å². The van der Waals surface area contributed by atoms with Crippen LogP contribution in [0.15, 0.2) is 0 Å². The third kappa shape index (κ3) is 4.57. The van der Waals surface area contributed by atoms with Gasteiger partial charge < -0.3 is 10.4 Å². The molecular weight excluding hydrogens is 236 g/mol. The summed E-state index contributed by atoms with van der Waals surface area (Å²) >= 11 is 1.31. The second kappa shape index (κ2) is 6.87. The highest BCUT2D eigenvalue weighted by Crippen LogP contribution is 2.31. The van der Waals surface area contributed by atoms with Crippen molar-refractivity contribution >= 4 is 17.7 Å². The number of aliphatic hydroxyl groups excluding tert-OH is 1. The van der Waals surface area contributed by atoms with Gasteiger partial charge in [-0.15, -0.1) is 11.8 Å². The highest BCUT2D eigenvalue weighted by atomic mass is 32.2. The number of carbonyl (C=O) groups is 1. The molecule has 1 aliphatic carbocycles. The number of carbonyl (C=O) groups excluding carboxylic acids is 1. The van der Waals surface area contributed by atoms with Crippen LogP contribution in [0.5, 0.6) is 0 Å². The maximum atomic E-state index is 11.7. The molecule has 1 aliphatic rings. The lowest BCUT2D eigenvalue weighted by molar-refractivity contribution is -0.121. The lowest BCUT2D eigenvalue weighted by Gasteiger charge is -2.39. The number of aliphatic hydroxyl groups is 1. The summed E-state index contributed by atoms with van der Waals surface area (Å²) in [6.45, 7) is 2.16. The van der Waals surface area contributed by atoms with Crippen molar-refractivity contribution in [2.45, 2.75) is 38.1 Å². The van der Waals surface area contributed by atoms with E-state index in [1.165, 1.54) is 18.2 Å². The number of nitrogens with zero attached hydrogens (tertiary/aromatic N) is 1. The van der Waals surface area contributed by atoms with Crippen LogP contribution in [0.25, 0.3) is 0 Å². The number of hydrogen-bond donors (Lipinski definition) is 2. The van der Waals surface area contributed by atoms with Gasteiger partial charge in [0.1, 0.15) is 0 Å². The molecule has 0 aliphatic heterocycles.